The molecule has 0 nitrogen and oxygen atoms in total. The van der Waals surface area contributed by atoms with Crippen molar-refractivity contribution in [2.45, 2.75) is 33.1 Å². The van der Waals surface area contributed by atoms with E-state index in [1.54, 1.807) is 0 Å². The first-order valence-corrected chi connectivity index (χ1v) is 21.6. The normalized spacial score (nSPS) is 11.1. The molecule has 0 aromatic heterocycles. The van der Waals surface area contributed by atoms with Crippen LogP contribution in [0.1, 0.15) is 37.8 Å². The SMILES string of the molecule is CCc1cc2c(-c3ccccc3-c3ccccc3)c(C(C)C)ccc2[cH-]1.[Cl][Zr+2][Cl].[c-]1cccc2c1[Si]c1ccccc1-2. The van der Waals surface area contributed by atoms with E-state index in [1.165, 1.54) is 65.7 Å². The average Bonchev–Trinajstić information content (AvgIpc) is 3.63. The van der Waals surface area contributed by atoms with Crippen LogP contribution in [0.3, 0.4) is 0 Å². The minimum atomic E-state index is -0.826. The molecule has 1 heterocycles. The van der Waals surface area contributed by atoms with Crippen molar-refractivity contribution in [3.05, 3.63) is 139 Å². The fraction of sp³-hybridized carbons (Fsp3) is 0.132. The molecule has 0 saturated carbocycles. The molecule has 2 radical (unpaired) electrons. The summed E-state index contributed by atoms with van der Waals surface area (Å²) in [6.07, 6.45) is 1.07. The molecule has 206 valence electrons. The van der Waals surface area contributed by atoms with Crippen molar-refractivity contribution in [3.63, 3.8) is 0 Å². The zero-order valence-corrected chi connectivity index (χ0v) is 29.1. The van der Waals surface area contributed by atoms with Crippen LogP contribution in [0.2, 0.25) is 0 Å². The maximum atomic E-state index is 4.93. The van der Waals surface area contributed by atoms with E-state index in [1.807, 2.05) is 6.07 Å². The Hall–Kier alpha value is -2.61. The molecule has 0 saturated heterocycles. The van der Waals surface area contributed by atoms with Crippen molar-refractivity contribution < 1.29 is 20.8 Å². The van der Waals surface area contributed by atoms with Gasteiger partial charge >= 0.3 is 37.9 Å². The van der Waals surface area contributed by atoms with Gasteiger partial charge in [0.1, 0.15) is 0 Å². The van der Waals surface area contributed by atoms with E-state index in [0.29, 0.717) is 5.92 Å². The molecule has 7 rings (SSSR count). The van der Waals surface area contributed by atoms with Crippen LogP contribution in [0.15, 0.2) is 121 Å². The Kier molecular flexibility index (Phi) is 10.8. The predicted molar refractivity (Wildman–Crippen MR) is 181 cm³/mol. The number of benzene rings is 5. The summed E-state index contributed by atoms with van der Waals surface area (Å²) in [5, 5.41) is 5.56. The summed E-state index contributed by atoms with van der Waals surface area (Å²) < 4.78 is 0. The molecule has 4 heteroatoms. The van der Waals surface area contributed by atoms with Crippen molar-refractivity contribution in [3.8, 4) is 33.4 Å². The van der Waals surface area contributed by atoms with Crippen molar-refractivity contribution in [1.82, 2.24) is 0 Å². The maximum absolute atomic E-state index is 4.93. The second kappa shape index (κ2) is 14.7. The average molecular weight is 679 g/mol. The summed E-state index contributed by atoms with van der Waals surface area (Å²) >= 11 is -0.826. The molecule has 0 bridgehead atoms. The molecule has 42 heavy (non-hydrogen) atoms. The second-order valence-corrected chi connectivity index (χ2v) is 15.5. The van der Waals surface area contributed by atoms with E-state index in [9.17, 15) is 0 Å². The van der Waals surface area contributed by atoms with Gasteiger partial charge in [0.25, 0.3) is 0 Å². The van der Waals surface area contributed by atoms with Crippen LogP contribution in [-0.2, 0) is 27.3 Å². The number of hydrogen-bond donors (Lipinski definition) is 0. The van der Waals surface area contributed by atoms with E-state index < -0.39 is 20.8 Å². The van der Waals surface area contributed by atoms with Crippen molar-refractivity contribution in [2.75, 3.05) is 0 Å². The van der Waals surface area contributed by atoms with Gasteiger partial charge in [0, 0.05) is 0 Å². The second-order valence-electron chi connectivity index (χ2n) is 10.5. The minimum Gasteiger partial charge on any atom is -0.184 e. The number of aryl methyl sites for hydroxylation is 1. The summed E-state index contributed by atoms with van der Waals surface area (Å²) in [7, 11) is 10.7. The van der Waals surface area contributed by atoms with Crippen LogP contribution >= 0.6 is 17.0 Å². The summed E-state index contributed by atoms with van der Waals surface area (Å²) in [6.45, 7) is 6.81. The third-order valence-electron chi connectivity index (χ3n) is 7.63. The van der Waals surface area contributed by atoms with Gasteiger partial charge in [-0.3, -0.25) is 0 Å². The topological polar surface area (TPSA) is 0 Å². The molecule has 0 aliphatic carbocycles. The van der Waals surface area contributed by atoms with Crippen LogP contribution < -0.4 is 10.4 Å². The minimum absolute atomic E-state index is 0.484. The third kappa shape index (κ3) is 6.79. The summed E-state index contributed by atoms with van der Waals surface area (Å²) in [5.74, 6) is 0.484. The molecule has 0 fully saturated rings. The van der Waals surface area contributed by atoms with Crippen LogP contribution in [0.5, 0.6) is 0 Å². The first kappa shape index (κ1) is 30.8. The van der Waals surface area contributed by atoms with Gasteiger partial charge in [-0.05, 0) is 29.0 Å². The molecule has 0 amide bonds. The molecular formula is C38H32Cl2SiZr. The van der Waals surface area contributed by atoms with Crippen molar-refractivity contribution in [1.29, 1.82) is 0 Å². The summed E-state index contributed by atoms with van der Waals surface area (Å²) in [5.41, 5.74) is 10.9. The monoisotopic (exact) mass is 676 g/mol. The Morgan fingerprint density at radius 1 is 0.762 bits per heavy atom. The molecule has 0 N–H and O–H groups in total. The van der Waals surface area contributed by atoms with E-state index in [4.69, 9.17) is 17.0 Å². The standard InChI is InChI=1S/C26H25.C12H7Si.2ClH.Zr/c1-4-19-16-21-14-15-22(18(2)3)26(25(21)17-19)24-13-9-8-12-23(24)20-10-6-5-7-11-20;1-3-7-11-9(5-1)10-6-2-4-8-12(10)13-11;;;/h5-18H,4H2,1-3H3;1-7H;2*1H;/q2*-1;;;+4/p-2. The number of hydrogen-bond acceptors (Lipinski definition) is 0. The molecule has 6 aromatic rings. The Labute approximate surface area is 271 Å². The van der Waals surface area contributed by atoms with Crippen molar-refractivity contribution >= 4 is 47.7 Å². The Bertz CT molecular complexity index is 1730. The third-order valence-corrected chi connectivity index (χ3v) is 9.00. The van der Waals surface area contributed by atoms with Crippen LogP contribution in [0, 0.1) is 6.07 Å². The first-order valence-electron chi connectivity index (χ1n) is 14.3. The summed E-state index contributed by atoms with van der Waals surface area (Å²) in [4.78, 5) is 0. The van der Waals surface area contributed by atoms with E-state index >= 15 is 0 Å². The summed E-state index contributed by atoms with van der Waals surface area (Å²) in [6, 6.07) is 47.1. The fourth-order valence-corrected chi connectivity index (χ4v) is 6.95. The molecule has 6 aromatic carbocycles. The van der Waals surface area contributed by atoms with Crippen LogP contribution in [-0.4, -0.2) is 9.52 Å². The smallest absolute Gasteiger partial charge is 0.0920 e. The van der Waals surface area contributed by atoms with Gasteiger partial charge in [-0.2, -0.15) is 35.5 Å². The number of fused-ring (bicyclic) bond motifs is 4. The van der Waals surface area contributed by atoms with E-state index in [0.717, 1.165) is 15.9 Å². The van der Waals surface area contributed by atoms with Gasteiger partial charge in [-0.25, -0.2) is 0 Å². The molecular weight excluding hydrogens is 647 g/mol. The molecule has 0 unspecified atom stereocenters. The van der Waals surface area contributed by atoms with E-state index in [2.05, 4.69) is 142 Å². The Morgan fingerprint density at radius 2 is 1.40 bits per heavy atom. The fourth-order valence-electron chi connectivity index (χ4n) is 5.64. The van der Waals surface area contributed by atoms with Gasteiger partial charge in [-0.1, -0.05) is 122 Å². The largest absolute Gasteiger partial charge is 0.184 e. The maximum Gasteiger partial charge on any atom is 0.0920 e. The molecule has 0 atom stereocenters. The first-order chi connectivity index (χ1) is 20.5. The van der Waals surface area contributed by atoms with E-state index in [-0.39, 0.29) is 0 Å². The van der Waals surface area contributed by atoms with Gasteiger partial charge in [-0.15, -0.1) is 40.1 Å². The van der Waals surface area contributed by atoms with Crippen LogP contribution in [0.4, 0.5) is 0 Å². The van der Waals surface area contributed by atoms with Gasteiger partial charge < -0.3 is 0 Å². The number of halogens is 2. The Balaban J connectivity index is 0.000000183. The molecule has 0 spiro atoms. The molecule has 1 aliphatic heterocycles. The van der Waals surface area contributed by atoms with Crippen LogP contribution in [0.25, 0.3) is 44.2 Å². The zero-order chi connectivity index (χ0) is 29.5. The molecule has 1 aliphatic rings. The quantitative estimate of drug-likeness (QED) is 0.128. The van der Waals surface area contributed by atoms with Gasteiger partial charge in [0.15, 0.2) is 0 Å². The predicted octanol–water partition coefficient (Wildman–Crippen LogP) is 10.1. The van der Waals surface area contributed by atoms with Crippen molar-refractivity contribution in [2.24, 2.45) is 0 Å². The zero-order valence-electron chi connectivity index (χ0n) is 24.1. The van der Waals surface area contributed by atoms with Gasteiger partial charge in [0.2, 0.25) is 0 Å². The number of rotatable bonds is 4. The van der Waals surface area contributed by atoms with Gasteiger partial charge in [0.05, 0.1) is 9.52 Å². The Morgan fingerprint density at radius 3 is 2.12 bits per heavy atom.